The van der Waals surface area contributed by atoms with E-state index >= 15 is 0 Å². The van der Waals surface area contributed by atoms with Gasteiger partial charge in [0.15, 0.2) is 0 Å². The maximum absolute atomic E-state index is 12.6. The quantitative estimate of drug-likeness (QED) is 0.879. The number of rotatable bonds is 5. The van der Waals surface area contributed by atoms with Gasteiger partial charge in [0, 0.05) is 37.6 Å². The second kappa shape index (κ2) is 6.37. The Balaban J connectivity index is 1.77. The van der Waals surface area contributed by atoms with Crippen LogP contribution in [0, 0.1) is 0 Å². The third-order valence-corrected chi connectivity index (χ3v) is 5.60. The van der Waals surface area contributed by atoms with Crippen molar-refractivity contribution in [3.05, 3.63) is 42.2 Å². The molecule has 0 radical (unpaired) electrons. The standard InChI is InChI=1S/C16H20N4O3S/c1-12(11-19-8-3-7-17-19)18-24(22,23)15-4-5-16-14(10-15)6-9-20(16)13(2)21/h3-5,7-8,10,12,18H,6,9,11H2,1-2H3/t12-/m1/s1. The van der Waals surface area contributed by atoms with E-state index in [0.29, 0.717) is 19.5 Å². The average Bonchev–Trinajstić information content (AvgIpc) is 3.14. The van der Waals surface area contributed by atoms with Gasteiger partial charge in [-0.05, 0) is 43.2 Å². The maximum Gasteiger partial charge on any atom is 0.240 e. The Morgan fingerprint density at radius 1 is 1.42 bits per heavy atom. The molecule has 8 heteroatoms. The molecule has 1 aromatic heterocycles. The average molecular weight is 348 g/mol. The third-order valence-electron chi connectivity index (χ3n) is 4.01. The molecule has 2 heterocycles. The second-order valence-electron chi connectivity index (χ2n) is 5.96. The van der Waals surface area contributed by atoms with Crippen molar-refractivity contribution < 1.29 is 13.2 Å². The lowest BCUT2D eigenvalue weighted by molar-refractivity contribution is -0.116. The summed E-state index contributed by atoms with van der Waals surface area (Å²) < 4.78 is 29.5. The van der Waals surface area contributed by atoms with Gasteiger partial charge >= 0.3 is 0 Å². The van der Waals surface area contributed by atoms with Crippen LogP contribution in [0.5, 0.6) is 0 Å². The number of hydrogen-bond donors (Lipinski definition) is 1. The van der Waals surface area contributed by atoms with Gasteiger partial charge in [-0.1, -0.05) is 0 Å². The number of amides is 1. The summed E-state index contributed by atoms with van der Waals surface area (Å²) in [6, 6.07) is 6.40. The molecule has 0 unspecified atom stereocenters. The highest BCUT2D eigenvalue weighted by molar-refractivity contribution is 7.89. The van der Waals surface area contributed by atoms with Crippen molar-refractivity contribution >= 4 is 21.6 Å². The maximum atomic E-state index is 12.6. The van der Waals surface area contributed by atoms with Gasteiger partial charge in [0.05, 0.1) is 11.4 Å². The molecular weight excluding hydrogens is 328 g/mol. The van der Waals surface area contributed by atoms with Gasteiger partial charge < -0.3 is 4.90 Å². The first-order valence-corrected chi connectivity index (χ1v) is 9.26. The highest BCUT2D eigenvalue weighted by atomic mass is 32.2. The molecule has 0 spiro atoms. The highest BCUT2D eigenvalue weighted by Gasteiger charge is 2.25. The van der Waals surface area contributed by atoms with Crippen LogP contribution in [0.1, 0.15) is 19.4 Å². The van der Waals surface area contributed by atoms with Crippen LogP contribution in [0.15, 0.2) is 41.6 Å². The van der Waals surface area contributed by atoms with Crippen molar-refractivity contribution in [2.75, 3.05) is 11.4 Å². The highest BCUT2D eigenvalue weighted by Crippen LogP contribution is 2.30. The molecule has 24 heavy (non-hydrogen) atoms. The van der Waals surface area contributed by atoms with Gasteiger partial charge in [-0.15, -0.1) is 0 Å². The molecule has 3 rings (SSSR count). The first kappa shape index (κ1) is 16.7. The molecule has 1 aliphatic rings. The fourth-order valence-corrected chi connectivity index (χ4v) is 4.22. The van der Waals surface area contributed by atoms with Crippen molar-refractivity contribution in [2.24, 2.45) is 0 Å². The summed E-state index contributed by atoms with van der Waals surface area (Å²) in [5, 5.41) is 4.08. The van der Waals surface area contributed by atoms with Crippen LogP contribution in [-0.2, 0) is 27.8 Å². The van der Waals surface area contributed by atoms with Gasteiger partial charge in [-0.2, -0.15) is 5.10 Å². The van der Waals surface area contributed by atoms with Gasteiger partial charge in [0.25, 0.3) is 0 Å². The van der Waals surface area contributed by atoms with Crippen LogP contribution in [-0.4, -0.2) is 36.7 Å². The molecule has 1 atom stereocenters. The molecule has 0 bridgehead atoms. The molecular formula is C16H20N4O3S. The molecule has 1 aromatic carbocycles. The van der Waals surface area contributed by atoms with Crippen LogP contribution in [0.3, 0.4) is 0 Å². The van der Waals surface area contributed by atoms with Crippen molar-refractivity contribution in [2.45, 2.75) is 37.8 Å². The Hall–Kier alpha value is -2.19. The Bertz CT molecular complexity index is 846. The molecule has 1 amide bonds. The van der Waals surface area contributed by atoms with Crippen LogP contribution < -0.4 is 9.62 Å². The van der Waals surface area contributed by atoms with Gasteiger partial charge in [-0.25, -0.2) is 13.1 Å². The van der Waals surface area contributed by atoms with E-state index in [4.69, 9.17) is 0 Å². The van der Waals surface area contributed by atoms with Crippen LogP contribution >= 0.6 is 0 Å². The molecule has 0 saturated carbocycles. The fourth-order valence-electron chi connectivity index (χ4n) is 2.93. The zero-order valence-corrected chi connectivity index (χ0v) is 14.5. The largest absolute Gasteiger partial charge is 0.312 e. The Labute approximate surface area is 141 Å². The zero-order chi connectivity index (χ0) is 17.3. The van der Waals surface area contributed by atoms with E-state index in [0.717, 1.165) is 11.3 Å². The summed E-state index contributed by atoms with van der Waals surface area (Å²) in [6.07, 6.45) is 4.11. The summed E-state index contributed by atoms with van der Waals surface area (Å²) >= 11 is 0. The molecule has 7 nitrogen and oxygen atoms in total. The van der Waals surface area contributed by atoms with Crippen molar-refractivity contribution in [1.29, 1.82) is 0 Å². The number of nitrogens with zero attached hydrogens (tertiary/aromatic N) is 3. The lowest BCUT2D eigenvalue weighted by Crippen LogP contribution is -2.35. The number of anilines is 1. The van der Waals surface area contributed by atoms with E-state index in [2.05, 4.69) is 9.82 Å². The Morgan fingerprint density at radius 3 is 2.88 bits per heavy atom. The van der Waals surface area contributed by atoms with E-state index in [-0.39, 0.29) is 16.8 Å². The minimum Gasteiger partial charge on any atom is -0.312 e. The summed E-state index contributed by atoms with van der Waals surface area (Å²) in [6.45, 7) is 4.36. The lowest BCUT2D eigenvalue weighted by atomic mass is 10.2. The second-order valence-corrected chi connectivity index (χ2v) is 7.68. The van der Waals surface area contributed by atoms with Crippen molar-refractivity contribution in [3.8, 4) is 0 Å². The summed E-state index contributed by atoms with van der Waals surface area (Å²) in [4.78, 5) is 13.5. The number of aromatic nitrogens is 2. The zero-order valence-electron chi connectivity index (χ0n) is 13.6. The fraction of sp³-hybridized carbons (Fsp3) is 0.375. The molecule has 128 valence electrons. The van der Waals surface area contributed by atoms with E-state index in [1.54, 1.807) is 53.2 Å². The molecule has 1 aliphatic heterocycles. The van der Waals surface area contributed by atoms with Crippen LogP contribution in [0.2, 0.25) is 0 Å². The summed E-state index contributed by atoms with van der Waals surface area (Å²) in [7, 11) is -3.62. The number of carbonyl (C=O) groups is 1. The predicted octanol–water partition coefficient (Wildman–Crippen LogP) is 1.16. The molecule has 0 fully saturated rings. The molecule has 2 aromatic rings. The predicted molar refractivity (Wildman–Crippen MR) is 90.2 cm³/mol. The van der Waals surface area contributed by atoms with Gasteiger partial charge in [0.2, 0.25) is 15.9 Å². The van der Waals surface area contributed by atoms with Crippen molar-refractivity contribution in [1.82, 2.24) is 14.5 Å². The summed E-state index contributed by atoms with van der Waals surface area (Å²) in [5.74, 6) is -0.0321. The molecule has 0 saturated heterocycles. The third kappa shape index (κ3) is 3.34. The smallest absolute Gasteiger partial charge is 0.240 e. The van der Waals surface area contributed by atoms with E-state index in [1.807, 2.05) is 0 Å². The number of nitrogens with one attached hydrogen (secondary N) is 1. The number of benzene rings is 1. The van der Waals surface area contributed by atoms with Crippen LogP contribution in [0.25, 0.3) is 0 Å². The Kier molecular flexibility index (Phi) is 4.42. The topological polar surface area (TPSA) is 84.3 Å². The van der Waals surface area contributed by atoms with E-state index in [1.165, 1.54) is 6.92 Å². The minimum absolute atomic E-state index is 0.0321. The minimum atomic E-state index is -3.62. The normalized spacial score (nSPS) is 15.3. The number of hydrogen-bond acceptors (Lipinski definition) is 4. The number of sulfonamides is 1. The van der Waals surface area contributed by atoms with Crippen LogP contribution in [0.4, 0.5) is 5.69 Å². The number of carbonyl (C=O) groups excluding carboxylic acids is 1. The first-order valence-electron chi connectivity index (χ1n) is 7.77. The summed E-state index contributed by atoms with van der Waals surface area (Å²) in [5.41, 5.74) is 1.68. The van der Waals surface area contributed by atoms with Gasteiger partial charge in [0.1, 0.15) is 0 Å². The molecule has 1 N–H and O–H groups in total. The lowest BCUT2D eigenvalue weighted by Gasteiger charge is -2.16. The molecule has 0 aliphatic carbocycles. The monoisotopic (exact) mass is 348 g/mol. The number of fused-ring (bicyclic) bond motifs is 1. The van der Waals surface area contributed by atoms with E-state index in [9.17, 15) is 13.2 Å². The van der Waals surface area contributed by atoms with Gasteiger partial charge in [-0.3, -0.25) is 9.48 Å². The SMILES string of the molecule is CC(=O)N1CCc2cc(S(=O)(=O)N[C@H](C)Cn3cccn3)ccc21. The first-order chi connectivity index (χ1) is 11.4. The van der Waals surface area contributed by atoms with E-state index < -0.39 is 10.0 Å². The van der Waals surface area contributed by atoms with Crippen molar-refractivity contribution in [3.63, 3.8) is 0 Å². The Morgan fingerprint density at radius 2 is 2.21 bits per heavy atom.